The SMILES string of the molecule is [O-][Cl+3]([O-])([O-])[O-].c1ccc(Cc2cc(-c3ccccc3)[s+]c(-c3ccccc3)c2)cc1. The Balaban J connectivity index is 0.000000461. The van der Waals surface area contributed by atoms with E-state index in [4.69, 9.17) is 18.6 Å². The van der Waals surface area contributed by atoms with Crippen molar-refractivity contribution in [3.8, 4) is 20.9 Å². The fourth-order valence-corrected chi connectivity index (χ4v) is 4.14. The van der Waals surface area contributed by atoms with E-state index in [0.29, 0.717) is 0 Å². The predicted molar refractivity (Wildman–Crippen MR) is 109 cm³/mol. The molecule has 0 bridgehead atoms. The minimum atomic E-state index is -4.94. The zero-order valence-electron chi connectivity index (χ0n) is 15.9. The first-order valence-corrected chi connectivity index (χ1v) is 11.2. The van der Waals surface area contributed by atoms with Crippen molar-refractivity contribution in [2.24, 2.45) is 0 Å². The Morgan fingerprint density at radius 3 is 1.30 bits per heavy atom. The maximum atomic E-state index is 8.49. The number of benzene rings is 3. The number of hydrogen-bond acceptors (Lipinski definition) is 4. The van der Waals surface area contributed by atoms with Gasteiger partial charge in [-0.05, 0) is 41.8 Å². The molecule has 0 radical (unpaired) electrons. The van der Waals surface area contributed by atoms with Gasteiger partial charge in [0.25, 0.3) is 0 Å². The summed E-state index contributed by atoms with van der Waals surface area (Å²) in [5, 5.41) is 0. The zero-order valence-corrected chi connectivity index (χ0v) is 17.5. The lowest BCUT2D eigenvalue weighted by Crippen LogP contribution is -2.68. The minimum Gasteiger partial charge on any atom is -0.222 e. The second kappa shape index (κ2) is 10.4. The van der Waals surface area contributed by atoms with E-state index in [1.165, 1.54) is 32.0 Å². The highest BCUT2D eigenvalue weighted by Gasteiger charge is 2.18. The van der Waals surface area contributed by atoms with Crippen molar-refractivity contribution >= 4 is 11.3 Å². The van der Waals surface area contributed by atoms with Crippen molar-refractivity contribution in [3.63, 3.8) is 0 Å². The van der Waals surface area contributed by atoms with Crippen molar-refractivity contribution < 1.29 is 28.9 Å². The highest BCUT2D eigenvalue weighted by Crippen LogP contribution is 2.34. The Labute approximate surface area is 181 Å². The standard InChI is InChI=1S/C24H19S.ClHO4/c1-4-10-19(11-5-1)16-20-17-23(21-12-6-2-7-13-21)25-24(18-20)22-14-8-3-9-15-22;2-1(3,4)5/h1-15,17-18H,16H2;(H,2,3,4,5)/q+1;/p-1. The van der Waals surface area contributed by atoms with Crippen LogP contribution in [0.1, 0.15) is 11.1 Å². The molecule has 0 N–H and O–H groups in total. The molecule has 0 aliphatic carbocycles. The van der Waals surface area contributed by atoms with Gasteiger partial charge < -0.3 is 0 Å². The second-order valence-corrected chi connectivity index (χ2v) is 8.31. The fraction of sp³-hybridized carbons (Fsp3) is 0.0417. The molecule has 1 aromatic heterocycles. The molecule has 4 rings (SSSR count). The third kappa shape index (κ3) is 7.31. The predicted octanol–water partition coefficient (Wildman–Crippen LogP) is 2.20. The van der Waals surface area contributed by atoms with Gasteiger partial charge in [-0.1, -0.05) is 66.7 Å². The van der Waals surface area contributed by atoms with E-state index in [2.05, 4.69) is 103 Å². The lowest BCUT2D eigenvalue weighted by atomic mass is 10.0. The van der Waals surface area contributed by atoms with Crippen LogP contribution in [0.5, 0.6) is 0 Å². The average Bonchev–Trinajstić information content (AvgIpc) is 2.74. The maximum Gasteiger partial charge on any atom is 0.239 e. The van der Waals surface area contributed by atoms with Crippen LogP contribution in [0.2, 0.25) is 0 Å². The molecule has 4 aromatic rings. The van der Waals surface area contributed by atoms with E-state index >= 15 is 0 Å². The van der Waals surface area contributed by atoms with Gasteiger partial charge in [-0.15, -0.1) is 10.2 Å². The molecule has 30 heavy (non-hydrogen) atoms. The van der Waals surface area contributed by atoms with Gasteiger partial charge >= 0.3 is 0 Å². The lowest BCUT2D eigenvalue weighted by Gasteiger charge is -2.17. The summed E-state index contributed by atoms with van der Waals surface area (Å²) < 4.78 is 34.0. The molecule has 152 valence electrons. The summed E-state index contributed by atoms with van der Waals surface area (Å²) in [7, 11) is -4.94. The highest BCUT2D eigenvalue weighted by molar-refractivity contribution is 7.18. The summed E-state index contributed by atoms with van der Waals surface area (Å²) in [6.07, 6.45) is 0.952. The number of rotatable bonds is 4. The van der Waals surface area contributed by atoms with Crippen molar-refractivity contribution in [2.75, 3.05) is 0 Å². The number of hydrogen-bond donors (Lipinski definition) is 0. The largest absolute Gasteiger partial charge is 0.239 e. The van der Waals surface area contributed by atoms with Gasteiger partial charge in [0.1, 0.15) is 0 Å². The van der Waals surface area contributed by atoms with Crippen LogP contribution >= 0.6 is 11.3 Å². The van der Waals surface area contributed by atoms with Gasteiger partial charge in [0.15, 0.2) is 0 Å². The van der Waals surface area contributed by atoms with Gasteiger partial charge in [0.2, 0.25) is 21.1 Å². The van der Waals surface area contributed by atoms with E-state index in [1.54, 1.807) is 0 Å². The van der Waals surface area contributed by atoms with Gasteiger partial charge in [-0.3, -0.25) is 0 Å². The van der Waals surface area contributed by atoms with Crippen molar-refractivity contribution in [3.05, 3.63) is 114 Å². The molecule has 0 saturated heterocycles. The van der Waals surface area contributed by atoms with Crippen molar-refractivity contribution in [2.45, 2.75) is 6.42 Å². The van der Waals surface area contributed by atoms with Gasteiger partial charge in [-0.25, -0.2) is 18.6 Å². The Kier molecular flexibility index (Phi) is 7.65. The molecular weight excluding hydrogens is 420 g/mol. The fourth-order valence-electron chi connectivity index (χ4n) is 2.98. The van der Waals surface area contributed by atoms with Gasteiger partial charge in [0.05, 0.1) is 0 Å². The highest BCUT2D eigenvalue weighted by atomic mass is 35.7. The summed E-state index contributed by atoms with van der Waals surface area (Å²) in [5.41, 5.74) is 5.25. The molecule has 0 spiro atoms. The van der Waals surface area contributed by atoms with Crippen LogP contribution in [0.15, 0.2) is 103 Å². The van der Waals surface area contributed by atoms with Gasteiger partial charge in [0, 0.05) is 23.3 Å². The van der Waals surface area contributed by atoms with Crippen molar-refractivity contribution in [1.82, 2.24) is 0 Å². The minimum absolute atomic E-state index is 0.952. The summed E-state index contributed by atoms with van der Waals surface area (Å²) in [6, 6.07) is 36.7. The quantitative estimate of drug-likeness (QED) is 0.456. The molecule has 1 heterocycles. The third-order valence-corrected chi connectivity index (χ3v) is 5.37. The van der Waals surface area contributed by atoms with E-state index in [0.717, 1.165) is 6.42 Å². The van der Waals surface area contributed by atoms with Crippen LogP contribution in [0.4, 0.5) is 0 Å². The molecule has 0 unspecified atom stereocenters. The van der Waals surface area contributed by atoms with Crippen LogP contribution < -0.4 is 18.6 Å². The summed E-state index contributed by atoms with van der Waals surface area (Å²) >= 11 is 1.85. The molecule has 0 fully saturated rings. The Morgan fingerprint density at radius 2 is 0.900 bits per heavy atom. The monoisotopic (exact) mass is 438 g/mol. The van der Waals surface area contributed by atoms with Crippen LogP contribution in [0.3, 0.4) is 0 Å². The normalized spacial score (nSPS) is 10.8. The summed E-state index contributed by atoms with van der Waals surface area (Å²) in [6.45, 7) is 0. The molecular formula is C24H19ClO4S. The van der Waals surface area contributed by atoms with Gasteiger partial charge in [-0.2, -0.15) is 0 Å². The Morgan fingerprint density at radius 1 is 0.533 bits per heavy atom. The molecule has 0 saturated carbocycles. The average molecular weight is 439 g/mol. The van der Waals surface area contributed by atoms with E-state index in [-0.39, 0.29) is 0 Å². The first-order chi connectivity index (χ1) is 14.4. The van der Waals surface area contributed by atoms with Crippen LogP contribution in [-0.2, 0) is 6.42 Å². The Hall–Kier alpha value is -2.64. The van der Waals surface area contributed by atoms with E-state index < -0.39 is 10.2 Å². The smallest absolute Gasteiger partial charge is 0.222 e. The molecule has 0 aliphatic rings. The molecule has 0 amide bonds. The van der Waals surface area contributed by atoms with Crippen LogP contribution in [0.25, 0.3) is 20.9 Å². The van der Waals surface area contributed by atoms with Crippen LogP contribution in [0, 0.1) is 10.2 Å². The first-order valence-electron chi connectivity index (χ1n) is 9.12. The zero-order chi connectivity index (χ0) is 21.4. The van der Waals surface area contributed by atoms with E-state index in [9.17, 15) is 0 Å². The number of halogens is 1. The lowest BCUT2D eigenvalue weighted by molar-refractivity contribution is -2.00. The third-order valence-electron chi connectivity index (χ3n) is 4.22. The second-order valence-electron chi connectivity index (χ2n) is 6.47. The Bertz CT molecular complexity index is 989. The summed E-state index contributed by atoms with van der Waals surface area (Å²) in [4.78, 5) is 2.63. The molecule has 4 nitrogen and oxygen atoms in total. The molecule has 0 aliphatic heterocycles. The first kappa shape index (κ1) is 22.1. The molecule has 6 heteroatoms. The molecule has 0 atom stereocenters. The molecule has 3 aromatic carbocycles. The van der Waals surface area contributed by atoms with E-state index in [1.807, 2.05) is 11.3 Å². The van der Waals surface area contributed by atoms with Crippen molar-refractivity contribution in [1.29, 1.82) is 0 Å². The van der Waals surface area contributed by atoms with Crippen LogP contribution in [-0.4, -0.2) is 0 Å². The topological polar surface area (TPSA) is 92.2 Å². The summed E-state index contributed by atoms with van der Waals surface area (Å²) in [5.74, 6) is 0. The maximum absolute atomic E-state index is 8.49.